The van der Waals surface area contributed by atoms with Crippen molar-refractivity contribution in [3.8, 4) is 11.5 Å². The first kappa shape index (κ1) is 16.1. The van der Waals surface area contributed by atoms with Gasteiger partial charge in [0.25, 0.3) is 0 Å². The number of hydrogen-bond donors (Lipinski definition) is 1. The molecule has 1 atom stereocenters. The summed E-state index contributed by atoms with van der Waals surface area (Å²) in [4.78, 5) is 0. The highest BCUT2D eigenvalue weighted by molar-refractivity contribution is 5.43. The first-order valence-electron chi connectivity index (χ1n) is 8.07. The van der Waals surface area contributed by atoms with Crippen LogP contribution in [0.15, 0.2) is 18.2 Å². The number of ether oxygens (including phenoxy) is 3. The van der Waals surface area contributed by atoms with Crippen molar-refractivity contribution >= 4 is 0 Å². The Morgan fingerprint density at radius 3 is 2.67 bits per heavy atom. The molecule has 1 heterocycles. The molecule has 0 aliphatic carbocycles. The molecule has 1 N–H and O–H groups in total. The molecule has 1 aromatic rings. The molecular weight excluding hydrogens is 266 g/mol. The number of nitrogens with one attached hydrogen (secondary N) is 1. The minimum Gasteiger partial charge on any atom is -0.490 e. The highest BCUT2D eigenvalue weighted by Gasteiger charge is 2.17. The third kappa shape index (κ3) is 4.90. The smallest absolute Gasteiger partial charge is 0.161 e. The third-order valence-electron chi connectivity index (χ3n) is 3.41. The fraction of sp³-hybridized carbons (Fsp3) is 0.647. The Morgan fingerprint density at radius 1 is 1.14 bits per heavy atom. The van der Waals surface area contributed by atoms with E-state index < -0.39 is 0 Å². The van der Waals surface area contributed by atoms with Crippen LogP contribution in [0.5, 0.6) is 11.5 Å². The van der Waals surface area contributed by atoms with Crippen molar-refractivity contribution < 1.29 is 14.2 Å². The molecule has 1 saturated heterocycles. The normalized spacial score (nSPS) is 19.0. The predicted octanol–water partition coefficient (Wildman–Crippen LogP) is 3.32. The molecule has 0 bridgehead atoms. The van der Waals surface area contributed by atoms with Crippen molar-refractivity contribution in [2.75, 3.05) is 32.9 Å². The van der Waals surface area contributed by atoms with Crippen molar-refractivity contribution in [3.05, 3.63) is 23.8 Å². The lowest BCUT2D eigenvalue weighted by Crippen LogP contribution is -2.20. The molecule has 2 rings (SSSR count). The monoisotopic (exact) mass is 293 g/mol. The Bertz CT molecular complexity index is 414. The summed E-state index contributed by atoms with van der Waals surface area (Å²) in [6.45, 7) is 8.30. The highest BCUT2D eigenvalue weighted by atomic mass is 16.5. The summed E-state index contributed by atoms with van der Waals surface area (Å²) in [7, 11) is 0. The summed E-state index contributed by atoms with van der Waals surface area (Å²) in [5.74, 6) is 1.66. The fourth-order valence-electron chi connectivity index (χ4n) is 2.31. The Morgan fingerprint density at radius 2 is 1.90 bits per heavy atom. The van der Waals surface area contributed by atoms with Gasteiger partial charge in [0.2, 0.25) is 0 Å². The molecule has 0 amide bonds. The molecule has 0 spiro atoms. The Hall–Kier alpha value is -1.26. The second-order valence-corrected chi connectivity index (χ2v) is 5.32. The topological polar surface area (TPSA) is 39.7 Å². The van der Waals surface area contributed by atoms with Gasteiger partial charge < -0.3 is 19.5 Å². The van der Waals surface area contributed by atoms with Gasteiger partial charge in [-0.05, 0) is 43.5 Å². The minimum atomic E-state index is 0.0942. The van der Waals surface area contributed by atoms with E-state index in [1.54, 1.807) is 0 Å². The molecule has 0 radical (unpaired) electrons. The Balaban J connectivity index is 2.13. The highest BCUT2D eigenvalue weighted by Crippen LogP contribution is 2.32. The molecular formula is C17H27NO3. The third-order valence-corrected chi connectivity index (χ3v) is 3.41. The molecule has 1 unspecified atom stereocenters. The lowest BCUT2D eigenvalue weighted by molar-refractivity contribution is 0.0666. The molecule has 0 saturated carbocycles. The maximum absolute atomic E-state index is 5.91. The Labute approximate surface area is 127 Å². The molecule has 118 valence electrons. The van der Waals surface area contributed by atoms with E-state index in [0.29, 0.717) is 13.2 Å². The number of benzene rings is 1. The van der Waals surface area contributed by atoms with E-state index in [4.69, 9.17) is 14.2 Å². The van der Waals surface area contributed by atoms with E-state index in [-0.39, 0.29) is 6.10 Å². The van der Waals surface area contributed by atoms with Crippen molar-refractivity contribution in [1.29, 1.82) is 0 Å². The first-order valence-corrected chi connectivity index (χ1v) is 8.07. The molecule has 0 aromatic heterocycles. The SMILES string of the molecule is CCCOc1ccc(C2CNCCCO2)cc1OCCC. The summed E-state index contributed by atoms with van der Waals surface area (Å²) >= 11 is 0. The first-order chi connectivity index (χ1) is 10.3. The van der Waals surface area contributed by atoms with E-state index in [9.17, 15) is 0 Å². The van der Waals surface area contributed by atoms with Crippen LogP contribution in [0, 0.1) is 0 Å². The quantitative estimate of drug-likeness (QED) is 0.837. The van der Waals surface area contributed by atoms with Crippen molar-refractivity contribution in [2.45, 2.75) is 39.2 Å². The summed E-state index contributed by atoms with van der Waals surface area (Å²) in [5, 5.41) is 3.41. The maximum atomic E-state index is 5.91. The van der Waals surface area contributed by atoms with Gasteiger partial charge in [-0.15, -0.1) is 0 Å². The average Bonchev–Trinajstić information content (AvgIpc) is 2.80. The fourth-order valence-corrected chi connectivity index (χ4v) is 2.31. The van der Waals surface area contributed by atoms with Crippen LogP contribution in [0.4, 0.5) is 0 Å². The van der Waals surface area contributed by atoms with Crippen LogP contribution in [0.1, 0.15) is 44.8 Å². The zero-order valence-corrected chi connectivity index (χ0v) is 13.2. The standard InChI is InChI=1S/C17H27NO3/c1-3-9-19-15-7-6-14(12-16(15)20-10-4-2)17-13-18-8-5-11-21-17/h6-7,12,17-18H,3-5,8-11,13H2,1-2H3. The zero-order chi connectivity index (χ0) is 14.9. The van der Waals surface area contributed by atoms with E-state index in [1.165, 1.54) is 0 Å². The van der Waals surface area contributed by atoms with Gasteiger partial charge in [-0.3, -0.25) is 0 Å². The van der Waals surface area contributed by atoms with Crippen LogP contribution in [0.3, 0.4) is 0 Å². The van der Waals surface area contributed by atoms with Crippen LogP contribution in [-0.4, -0.2) is 32.9 Å². The van der Waals surface area contributed by atoms with Gasteiger partial charge in [0.1, 0.15) is 0 Å². The van der Waals surface area contributed by atoms with Crippen LogP contribution in [0.25, 0.3) is 0 Å². The lowest BCUT2D eigenvalue weighted by Gasteiger charge is -2.18. The molecule has 1 fully saturated rings. The minimum absolute atomic E-state index is 0.0942. The second-order valence-electron chi connectivity index (χ2n) is 5.32. The van der Waals surface area contributed by atoms with E-state index >= 15 is 0 Å². The van der Waals surface area contributed by atoms with Crippen molar-refractivity contribution in [3.63, 3.8) is 0 Å². The van der Waals surface area contributed by atoms with E-state index in [2.05, 4.69) is 31.3 Å². The second kappa shape index (κ2) is 8.90. The van der Waals surface area contributed by atoms with Crippen molar-refractivity contribution in [2.24, 2.45) is 0 Å². The van der Waals surface area contributed by atoms with Gasteiger partial charge in [0.05, 0.1) is 19.3 Å². The molecule has 1 aromatic carbocycles. The van der Waals surface area contributed by atoms with Crippen LogP contribution in [0.2, 0.25) is 0 Å². The molecule has 1 aliphatic rings. The van der Waals surface area contributed by atoms with Gasteiger partial charge in [-0.2, -0.15) is 0 Å². The summed E-state index contributed by atoms with van der Waals surface area (Å²) < 4.78 is 17.5. The van der Waals surface area contributed by atoms with E-state index in [1.807, 2.05) is 6.07 Å². The largest absolute Gasteiger partial charge is 0.490 e. The van der Waals surface area contributed by atoms with E-state index in [0.717, 1.165) is 56.0 Å². The van der Waals surface area contributed by atoms with Gasteiger partial charge >= 0.3 is 0 Å². The number of rotatable bonds is 7. The molecule has 4 heteroatoms. The van der Waals surface area contributed by atoms with Crippen LogP contribution < -0.4 is 14.8 Å². The maximum Gasteiger partial charge on any atom is 0.161 e. The zero-order valence-electron chi connectivity index (χ0n) is 13.2. The predicted molar refractivity (Wildman–Crippen MR) is 84.2 cm³/mol. The van der Waals surface area contributed by atoms with Crippen LogP contribution >= 0.6 is 0 Å². The Kier molecular flexibility index (Phi) is 6.83. The van der Waals surface area contributed by atoms with Crippen molar-refractivity contribution in [1.82, 2.24) is 5.32 Å². The summed E-state index contributed by atoms with van der Waals surface area (Å²) in [6, 6.07) is 6.16. The summed E-state index contributed by atoms with van der Waals surface area (Å²) in [6.07, 6.45) is 3.13. The van der Waals surface area contributed by atoms with Gasteiger partial charge in [-0.1, -0.05) is 19.9 Å². The molecule has 1 aliphatic heterocycles. The molecule has 4 nitrogen and oxygen atoms in total. The van der Waals surface area contributed by atoms with Crippen LogP contribution in [-0.2, 0) is 4.74 Å². The number of hydrogen-bond acceptors (Lipinski definition) is 4. The van der Waals surface area contributed by atoms with Gasteiger partial charge in [0.15, 0.2) is 11.5 Å². The summed E-state index contributed by atoms with van der Waals surface area (Å²) in [5.41, 5.74) is 1.15. The van der Waals surface area contributed by atoms with Gasteiger partial charge in [0, 0.05) is 13.2 Å². The average molecular weight is 293 g/mol. The molecule has 21 heavy (non-hydrogen) atoms. The van der Waals surface area contributed by atoms with Gasteiger partial charge in [-0.25, -0.2) is 0 Å². The lowest BCUT2D eigenvalue weighted by atomic mass is 10.1.